The summed E-state index contributed by atoms with van der Waals surface area (Å²) in [4.78, 5) is 0. The van der Waals surface area contributed by atoms with Gasteiger partial charge in [0.05, 0.1) is 5.60 Å². The molecule has 0 saturated carbocycles. The quantitative estimate of drug-likeness (QED) is 0.752. The zero-order valence-electron chi connectivity index (χ0n) is 11.9. The molecule has 1 unspecified atom stereocenters. The summed E-state index contributed by atoms with van der Waals surface area (Å²) in [5, 5.41) is 13.0. The fourth-order valence-corrected chi connectivity index (χ4v) is 2.83. The average Bonchev–Trinajstić information content (AvgIpc) is 2.46. The first-order chi connectivity index (χ1) is 10.1. The molecular weight excluding hydrogens is 263 g/mol. The van der Waals surface area contributed by atoms with E-state index in [0.717, 1.165) is 21.9 Å². The second-order valence-corrected chi connectivity index (χ2v) is 5.61. The van der Waals surface area contributed by atoms with Gasteiger partial charge in [-0.25, -0.2) is 4.39 Å². The molecule has 2 heteroatoms. The number of aliphatic hydroxyl groups is 1. The van der Waals surface area contributed by atoms with Crippen LogP contribution in [0.3, 0.4) is 0 Å². The molecule has 0 amide bonds. The van der Waals surface area contributed by atoms with Crippen LogP contribution in [-0.2, 0) is 12.0 Å². The summed E-state index contributed by atoms with van der Waals surface area (Å²) >= 11 is 0. The van der Waals surface area contributed by atoms with E-state index in [1.54, 1.807) is 13.0 Å². The third-order valence-electron chi connectivity index (χ3n) is 3.81. The molecule has 0 aromatic heterocycles. The maximum Gasteiger partial charge on any atom is 0.123 e. The van der Waals surface area contributed by atoms with E-state index in [0.29, 0.717) is 6.42 Å². The molecule has 0 saturated heterocycles. The van der Waals surface area contributed by atoms with Crippen molar-refractivity contribution in [3.8, 4) is 0 Å². The van der Waals surface area contributed by atoms with E-state index in [2.05, 4.69) is 0 Å². The molecule has 21 heavy (non-hydrogen) atoms. The topological polar surface area (TPSA) is 20.2 Å². The molecule has 1 nitrogen and oxygen atoms in total. The first-order valence-electron chi connectivity index (χ1n) is 7.01. The molecule has 0 radical (unpaired) electrons. The Morgan fingerprint density at radius 3 is 2.48 bits per heavy atom. The highest BCUT2D eigenvalue weighted by Gasteiger charge is 2.25. The molecule has 0 aliphatic rings. The molecule has 106 valence electrons. The Labute approximate surface area is 123 Å². The normalized spacial score (nSPS) is 14.0. The van der Waals surface area contributed by atoms with E-state index in [-0.39, 0.29) is 5.82 Å². The van der Waals surface area contributed by atoms with Gasteiger partial charge in [-0.15, -0.1) is 0 Å². The summed E-state index contributed by atoms with van der Waals surface area (Å²) in [6.45, 7) is 1.78. The fraction of sp³-hybridized carbons (Fsp3) is 0.158. The third-order valence-corrected chi connectivity index (χ3v) is 3.81. The number of fused-ring (bicyclic) bond motifs is 1. The van der Waals surface area contributed by atoms with E-state index < -0.39 is 5.60 Å². The second-order valence-electron chi connectivity index (χ2n) is 5.61. The Bertz CT molecular complexity index is 772. The van der Waals surface area contributed by atoms with Crippen molar-refractivity contribution in [3.63, 3.8) is 0 Å². The van der Waals surface area contributed by atoms with Crippen LogP contribution < -0.4 is 0 Å². The standard InChI is InChI=1S/C19H17FO/c1-19(21,13-14-6-4-9-16(20)12-14)18-11-5-8-15-7-2-3-10-17(15)18/h2-12,21H,13H2,1H3. The first-order valence-corrected chi connectivity index (χ1v) is 7.01. The van der Waals surface area contributed by atoms with Gasteiger partial charge in [-0.3, -0.25) is 0 Å². The predicted molar refractivity (Wildman–Crippen MR) is 83.6 cm³/mol. The average molecular weight is 280 g/mol. The molecule has 0 aliphatic heterocycles. The van der Waals surface area contributed by atoms with Gasteiger partial charge in [0.2, 0.25) is 0 Å². The number of benzene rings is 3. The zero-order valence-corrected chi connectivity index (χ0v) is 11.9. The van der Waals surface area contributed by atoms with E-state index >= 15 is 0 Å². The van der Waals surface area contributed by atoms with Crippen molar-refractivity contribution in [1.29, 1.82) is 0 Å². The van der Waals surface area contributed by atoms with Crippen LogP contribution in [0.2, 0.25) is 0 Å². The van der Waals surface area contributed by atoms with Crippen molar-refractivity contribution in [1.82, 2.24) is 0 Å². The van der Waals surface area contributed by atoms with E-state index in [4.69, 9.17) is 0 Å². The molecule has 1 atom stereocenters. The minimum atomic E-state index is -1.05. The highest BCUT2D eigenvalue weighted by Crippen LogP contribution is 2.31. The Hall–Kier alpha value is -2.19. The van der Waals surface area contributed by atoms with Gasteiger partial charge >= 0.3 is 0 Å². The summed E-state index contributed by atoms with van der Waals surface area (Å²) in [6, 6.07) is 20.3. The van der Waals surface area contributed by atoms with Gasteiger partial charge < -0.3 is 5.11 Å². The highest BCUT2D eigenvalue weighted by atomic mass is 19.1. The second kappa shape index (κ2) is 5.30. The molecule has 0 fully saturated rings. The lowest BCUT2D eigenvalue weighted by atomic mass is 9.86. The highest BCUT2D eigenvalue weighted by molar-refractivity contribution is 5.86. The largest absolute Gasteiger partial charge is 0.385 e. The van der Waals surface area contributed by atoms with E-state index in [1.165, 1.54) is 12.1 Å². The van der Waals surface area contributed by atoms with Crippen LogP contribution >= 0.6 is 0 Å². The number of hydrogen-bond acceptors (Lipinski definition) is 1. The summed E-state index contributed by atoms with van der Waals surface area (Å²) < 4.78 is 13.3. The maximum atomic E-state index is 13.3. The third kappa shape index (κ3) is 2.81. The molecule has 3 rings (SSSR count). The Morgan fingerprint density at radius 1 is 0.952 bits per heavy atom. The smallest absolute Gasteiger partial charge is 0.123 e. The van der Waals surface area contributed by atoms with Gasteiger partial charge in [0.25, 0.3) is 0 Å². The van der Waals surface area contributed by atoms with Gasteiger partial charge in [-0.05, 0) is 41.0 Å². The van der Waals surface area contributed by atoms with Gasteiger partial charge in [-0.2, -0.15) is 0 Å². The summed E-state index contributed by atoms with van der Waals surface area (Å²) in [7, 11) is 0. The van der Waals surface area contributed by atoms with Crippen LogP contribution in [-0.4, -0.2) is 5.11 Å². The first kappa shape index (κ1) is 13.8. The Morgan fingerprint density at radius 2 is 1.67 bits per heavy atom. The van der Waals surface area contributed by atoms with E-state index in [1.807, 2.05) is 48.5 Å². The van der Waals surface area contributed by atoms with Crippen LogP contribution in [0.5, 0.6) is 0 Å². The van der Waals surface area contributed by atoms with Crippen LogP contribution in [0.25, 0.3) is 10.8 Å². The van der Waals surface area contributed by atoms with Crippen molar-refractivity contribution in [2.45, 2.75) is 18.9 Å². The molecule has 3 aromatic rings. The van der Waals surface area contributed by atoms with Gasteiger partial charge in [0, 0.05) is 6.42 Å². The molecule has 0 heterocycles. The minimum absolute atomic E-state index is 0.277. The summed E-state index contributed by atoms with van der Waals surface area (Å²) in [5.41, 5.74) is 0.604. The number of rotatable bonds is 3. The van der Waals surface area contributed by atoms with Crippen molar-refractivity contribution in [2.24, 2.45) is 0 Å². The Balaban J connectivity index is 2.04. The van der Waals surface area contributed by atoms with Crippen LogP contribution in [0.4, 0.5) is 4.39 Å². The monoisotopic (exact) mass is 280 g/mol. The number of halogens is 1. The minimum Gasteiger partial charge on any atom is -0.385 e. The molecule has 0 aliphatic carbocycles. The van der Waals surface area contributed by atoms with Crippen LogP contribution in [0.15, 0.2) is 66.7 Å². The summed E-state index contributed by atoms with van der Waals surface area (Å²) in [6.07, 6.45) is 0.374. The van der Waals surface area contributed by atoms with Crippen molar-refractivity contribution in [3.05, 3.63) is 83.7 Å². The molecule has 3 aromatic carbocycles. The van der Waals surface area contributed by atoms with Gasteiger partial charge in [-0.1, -0.05) is 54.6 Å². The lowest BCUT2D eigenvalue weighted by Crippen LogP contribution is -2.24. The number of hydrogen-bond donors (Lipinski definition) is 1. The SMILES string of the molecule is CC(O)(Cc1cccc(F)c1)c1cccc2ccccc12. The maximum absolute atomic E-state index is 13.3. The molecule has 1 N–H and O–H groups in total. The zero-order chi connectivity index (χ0) is 14.9. The molecule has 0 spiro atoms. The fourth-order valence-electron chi connectivity index (χ4n) is 2.83. The van der Waals surface area contributed by atoms with E-state index in [9.17, 15) is 9.50 Å². The van der Waals surface area contributed by atoms with Crippen molar-refractivity contribution < 1.29 is 9.50 Å². The summed E-state index contributed by atoms with van der Waals surface area (Å²) in [5.74, 6) is -0.277. The lowest BCUT2D eigenvalue weighted by molar-refractivity contribution is 0.0591. The van der Waals surface area contributed by atoms with Gasteiger partial charge in [0.15, 0.2) is 0 Å². The van der Waals surface area contributed by atoms with Crippen molar-refractivity contribution in [2.75, 3.05) is 0 Å². The van der Waals surface area contributed by atoms with Gasteiger partial charge in [0.1, 0.15) is 5.82 Å². The van der Waals surface area contributed by atoms with Crippen LogP contribution in [0.1, 0.15) is 18.1 Å². The predicted octanol–water partition coefficient (Wildman–Crippen LogP) is 4.43. The molecule has 0 bridgehead atoms. The van der Waals surface area contributed by atoms with Crippen molar-refractivity contribution >= 4 is 10.8 Å². The molecular formula is C19H17FO. The Kier molecular flexibility index (Phi) is 3.48. The lowest BCUT2D eigenvalue weighted by Gasteiger charge is -2.25. The van der Waals surface area contributed by atoms with Crippen LogP contribution in [0, 0.1) is 5.82 Å².